The molecule has 2 nitrogen and oxygen atoms in total. The largest absolute Gasteiger partial charge is 0.290 e. The third-order valence-electron chi connectivity index (χ3n) is 1.59. The number of aromatic nitrogens is 1. The standard InChI is InChI=1S/C9H8F2N2/c10-9(11,5-3-6-12)8-4-1-2-7-13-8/h1-2,4,7H,3,5H2. The second-order valence-electron chi connectivity index (χ2n) is 2.58. The predicted octanol–water partition coefficient (Wildman–Crippen LogP) is 2.48. The molecule has 0 aromatic carbocycles. The summed E-state index contributed by atoms with van der Waals surface area (Å²) in [5, 5.41) is 8.17. The van der Waals surface area contributed by atoms with Gasteiger partial charge in [0.05, 0.1) is 6.07 Å². The Balaban J connectivity index is 2.76. The smallest absolute Gasteiger partial charge is 0.255 e. The highest BCUT2D eigenvalue weighted by Crippen LogP contribution is 2.30. The molecule has 0 N–H and O–H groups in total. The van der Waals surface area contributed by atoms with Crippen molar-refractivity contribution in [3.63, 3.8) is 0 Å². The van der Waals surface area contributed by atoms with E-state index in [4.69, 9.17) is 5.26 Å². The van der Waals surface area contributed by atoms with Crippen LogP contribution in [0.4, 0.5) is 8.78 Å². The minimum Gasteiger partial charge on any atom is -0.255 e. The van der Waals surface area contributed by atoms with Crippen molar-refractivity contribution < 1.29 is 8.78 Å². The summed E-state index contributed by atoms with van der Waals surface area (Å²) in [5.41, 5.74) is -0.273. The van der Waals surface area contributed by atoms with Crippen molar-refractivity contribution in [2.75, 3.05) is 0 Å². The van der Waals surface area contributed by atoms with Crippen molar-refractivity contribution in [3.8, 4) is 6.07 Å². The molecule has 13 heavy (non-hydrogen) atoms. The van der Waals surface area contributed by atoms with E-state index in [1.54, 1.807) is 12.1 Å². The van der Waals surface area contributed by atoms with E-state index >= 15 is 0 Å². The summed E-state index contributed by atoms with van der Waals surface area (Å²) in [6.45, 7) is 0. The lowest BCUT2D eigenvalue weighted by molar-refractivity contribution is -0.0163. The molecular formula is C9H8F2N2. The maximum absolute atomic E-state index is 13.1. The van der Waals surface area contributed by atoms with Crippen LogP contribution in [-0.2, 0) is 5.92 Å². The van der Waals surface area contributed by atoms with E-state index in [2.05, 4.69) is 4.98 Å². The Morgan fingerprint density at radius 1 is 1.46 bits per heavy atom. The first-order chi connectivity index (χ1) is 6.17. The normalized spacial score (nSPS) is 10.8. The lowest BCUT2D eigenvalue weighted by Gasteiger charge is -2.12. The fourth-order valence-electron chi connectivity index (χ4n) is 0.920. The first-order valence-electron chi connectivity index (χ1n) is 3.83. The van der Waals surface area contributed by atoms with Gasteiger partial charge in [-0.05, 0) is 12.1 Å². The van der Waals surface area contributed by atoms with Gasteiger partial charge in [-0.2, -0.15) is 14.0 Å². The molecule has 68 valence electrons. The zero-order valence-corrected chi connectivity index (χ0v) is 6.87. The summed E-state index contributed by atoms with van der Waals surface area (Å²) >= 11 is 0. The van der Waals surface area contributed by atoms with E-state index < -0.39 is 12.3 Å². The lowest BCUT2D eigenvalue weighted by atomic mass is 10.1. The van der Waals surface area contributed by atoms with E-state index in [0.717, 1.165) is 0 Å². The first kappa shape index (κ1) is 9.59. The maximum Gasteiger partial charge on any atom is 0.290 e. The summed E-state index contributed by atoms with van der Waals surface area (Å²) in [7, 11) is 0. The molecule has 0 atom stereocenters. The van der Waals surface area contributed by atoms with Gasteiger partial charge in [0.15, 0.2) is 0 Å². The first-order valence-corrected chi connectivity index (χ1v) is 3.83. The third kappa shape index (κ3) is 2.48. The Hall–Kier alpha value is -1.50. The molecule has 0 bridgehead atoms. The number of hydrogen-bond donors (Lipinski definition) is 0. The molecule has 0 aliphatic heterocycles. The van der Waals surface area contributed by atoms with Crippen LogP contribution in [0.1, 0.15) is 18.5 Å². The molecule has 1 rings (SSSR count). The van der Waals surface area contributed by atoms with Crippen LogP contribution in [-0.4, -0.2) is 4.98 Å². The van der Waals surface area contributed by atoms with Crippen LogP contribution in [0.15, 0.2) is 24.4 Å². The van der Waals surface area contributed by atoms with Gasteiger partial charge in [-0.15, -0.1) is 0 Å². The maximum atomic E-state index is 13.1. The summed E-state index contributed by atoms with van der Waals surface area (Å²) < 4.78 is 26.3. The Morgan fingerprint density at radius 3 is 2.77 bits per heavy atom. The molecule has 1 aromatic rings. The van der Waals surface area contributed by atoms with Gasteiger partial charge in [0, 0.05) is 19.0 Å². The van der Waals surface area contributed by atoms with Crippen molar-refractivity contribution in [1.82, 2.24) is 4.98 Å². The van der Waals surface area contributed by atoms with Crippen LogP contribution in [0.5, 0.6) is 0 Å². The molecule has 1 aromatic heterocycles. The highest BCUT2D eigenvalue weighted by atomic mass is 19.3. The number of hydrogen-bond acceptors (Lipinski definition) is 2. The number of nitrogens with zero attached hydrogens (tertiary/aromatic N) is 2. The molecule has 0 radical (unpaired) electrons. The van der Waals surface area contributed by atoms with Crippen LogP contribution in [0, 0.1) is 11.3 Å². The molecule has 0 saturated heterocycles. The summed E-state index contributed by atoms with van der Waals surface area (Å²) in [6, 6.07) is 6.02. The van der Waals surface area contributed by atoms with E-state index in [1.807, 2.05) is 0 Å². The number of halogens is 2. The van der Waals surface area contributed by atoms with Gasteiger partial charge in [0.1, 0.15) is 5.69 Å². The average molecular weight is 182 g/mol. The van der Waals surface area contributed by atoms with Crippen molar-refractivity contribution in [3.05, 3.63) is 30.1 Å². The quantitative estimate of drug-likeness (QED) is 0.720. The molecule has 1 heterocycles. The van der Waals surface area contributed by atoms with Gasteiger partial charge in [-0.25, -0.2) is 0 Å². The highest BCUT2D eigenvalue weighted by Gasteiger charge is 2.31. The Kier molecular flexibility index (Phi) is 2.91. The SMILES string of the molecule is N#CCCC(F)(F)c1ccccn1. The molecule has 0 saturated carbocycles. The van der Waals surface area contributed by atoms with Crippen LogP contribution in [0.2, 0.25) is 0 Å². The van der Waals surface area contributed by atoms with E-state index in [-0.39, 0.29) is 12.1 Å². The zero-order valence-electron chi connectivity index (χ0n) is 6.87. The average Bonchev–Trinajstić information content (AvgIpc) is 2.16. The summed E-state index contributed by atoms with van der Waals surface area (Å²) in [5.74, 6) is -2.99. The van der Waals surface area contributed by atoms with Gasteiger partial charge in [0.25, 0.3) is 5.92 Å². The topological polar surface area (TPSA) is 36.7 Å². The van der Waals surface area contributed by atoms with Crippen molar-refractivity contribution in [2.45, 2.75) is 18.8 Å². The minimum atomic E-state index is -2.99. The van der Waals surface area contributed by atoms with E-state index in [9.17, 15) is 8.78 Å². The van der Waals surface area contributed by atoms with E-state index in [1.165, 1.54) is 18.3 Å². The minimum absolute atomic E-state index is 0.163. The van der Waals surface area contributed by atoms with Gasteiger partial charge >= 0.3 is 0 Å². The van der Waals surface area contributed by atoms with Gasteiger partial charge in [0.2, 0.25) is 0 Å². The van der Waals surface area contributed by atoms with Crippen molar-refractivity contribution >= 4 is 0 Å². The lowest BCUT2D eigenvalue weighted by Crippen LogP contribution is -2.14. The van der Waals surface area contributed by atoms with Gasteiger partial charge < -0.3 is 0 Å². The Bertz CT molecular complexity index is 303. The number of nitriles is 1. The Labute approximate surface area is 74.8 Å². The fraction of sp³-hybridized carbons (Fsp3) is 0.333. The van der Waals surface area contributed by atoms with Crippen LogP contribution in [0.25, 0.3) is 0 Å². The van der Waals surface area contributed by atoms with Crippen molar-refractivity contribution in [2.24, 2.45) is 0 Å². The molecule has 0 amide bonds. The number of alkyl halides is 2. The number of rotatable bonds is 3. The molecule has 0 aliphatic rings. The van der Waals surface area contributed by atoms with E-state index in [0.29, 0.717) is 0 Å². The highest BCUT2D eigenvalue weighted by molar-refractivity contribution is 5.09. The summed E-state index contributed by atoms with van der Waals surface area (Å²) in [6.07, 6.45) is 0.680. The monoisotopic (exact) mass is 182 g/mol. The van der Waals surface area contributed by atoms with Crippen LogP contribution < -0.4 is 0 Å². The molecule has 0 fully saturated rings. The van der Waals surface area contributed by atoms with Crippen LogP contribution in [0.3, 0.4) is 0 Å². The fourth-order valence-corrected chi connectivity index (χ4v) is 0.920. The third-order valence-corrected chi connectivity index (χ3v) is 1.59. The Morgan fingerprint density at radius 2 is 2.23 bits per heavy atom. The molecule has 4 heteroatoms. The molecular weight excluding hydrogens is 174 g/mol. The summed E-state index contributed by atoms with van der Waals surface area (Å²) in [4.78, 5) is 3.54. The molecule has 0 aliphatic carbocycles. The van der Waals surface area contributed by atoms with Crippen molar-refractivity contribution in [1.29, 1.82) is 5.26 Å². The van der Waals surface area contributed by atoms with Crippen LogP contribution >= 0.6 is 0 Å². The van der Waals surface area contributed by atoms with Gasteiger partial charge in [-0.1, -0.05) is 6.07 Å². The van der Waals surface area contributed by atoms with Gasteiger partial charge in [-0.3, -0.25) is 4.98 Å². The molecule has 0 unspecified atom stereocenters. The molecule has 0 spiro atoms. The second kappa shape index (κ2) is 3.94. The predicted molar refractivity (Wildman–Crippen MR) is 43.0 cm³/mol. The second-order valence-corrected chi connectivity index (χ2v) is 2.58. The number of pyridine rings is 1. The zero-order chi connectivity index (χ0) is 9.73.